The summed E-state index contributed by atoms with van der Waals surface area (Å²) in [4.78, 5) is 11.1. The van der Waals surface area contributed by atoms with Crippen molar-refractivity contribution >= 4 is 17.5 Å². The third-order valence-electron chi connectivity index (χ3n) is 2.68. The first kappa shape index (κ1) is 16.8. The topological polar surface area (TPSA) is 50.4 Å². The normalized spacial score (nSPS) is 11.2. The molecule has 0 fully saturated rings. The summed E-state index contributed by atoms with van der Waals surface area (Å²) in [6.45, 7) is 7.42. The number of ether oxygens (including phenoxy) is 1. The molecule has 0 spiro atoms. The Morgan fingerprint density at radius 2 is 2.05 bits per heavy atom. The predicted octanol–water partition coefficient (Wildman–Crippen LogP) is 2.74. The van der Waals surface area contributed by atoms with E-state index in [1.54, 1.807) is 7.05 Å². The lowest BCUT2D eigenvalue weighted by Gasteiger charge is -2.20. The maximum absolute atomic E-state index is 11.1. The molecule has 0 saturated heterocycles. The Morgan fingerprint density at radius 1 is 1.35 bits per heavy atom. The Hall–Kier alpha value is -1.26. The van der Waals surface area contributed by atoms with Crippen LogP contribution in [0.25, 0.3) is 0 Å². The predicted molar refractivity (Wildman–Crippen MR) is 82.2 cm³/mol. The Balaban J connectivity index is 2.53. The van der Waals surface area contributed by atoms with Gasteiger partial charge in [0.05, 0.1) is 18.1 Å². The van der Waals surface area contributed by atoms with Crippen molar-refractivity contribution in [2.75, 3.05) is 13.7 Å². The van der Waals surface area contributed by atoms with Gasteiger partial charge in [0, 0.05) is 19.1 Å². The van der Waals surface area contributed by atoms with E-state index in [1.165, 1.54) is 0 Å². The number of benzene rings is 1. The molecule has 1 amide bonds. The summed E-state index contributed by atoms with van der Waals surface area (Å²) in [5.74, 6) is 0.558. The molecule has 1 aromatic rings. The Morgan fingerprint density at radius 3 is 2.60 bits per heavy atom. The van der Waals surface area contributed by atoms with Crippen molar-refractivity contribution in [3.05, 3.63) is 28.8 Å². The Kier molecular flexibility index (Phi) is 6.30. The second kappa shape index (κ2) is 7.50. The summed E-state index contributed by atoms with van der Waals surface area (Å²) in [6.07, 6.45) is 0.320. The molecule has 2 N–H and O–H groups in total. The van der Waals surface area contributed by atoms with E-state index in [4.69, 9.17) is 16.3 Å². The fraction of sp³-hybridized carbons (Fsp3) is 0.533. The van der Waals surface area contributed by atoms with E-state index >= 15 is 0 Å². The molecule has 0 atom stereocenters. The van der Waals surface area contributed by atoms with Crippen molar-refractivity contribution in [1.82, 2.24) is 10.6 Å². The fourth-order valence-electron chi connectivity index (χ4n) is 1.52. The molecule has 1 aromatic carbocycles. The van der Waals surface area contributed by atoms with Gasteiger partial charge >= 0.3 is 0 Å². The molecule has 0 aromatic heterocycles. The summed E-state index contributed by atoms with van der Waals surface area (Å²) in [5, 5.41) is 6.51. The van der Waals surface area contributed by atoms with Crippen LogP contribution in [0.3, 0.4) is 0 Å². The lowest BCUT2D eigenvalue weighted by Crippen LogP contribution is -2.35. The second-order valence-electron chi connectivity index (χ2n) is 5.64. The van der Waals surface area contributed by atoms with Gasteiger partial charge in [-0.2, -0.15) is 0 Å². The van der Waals surface area contributed by atoms with E-state index < -0.39 is 0 Å². The number of hydrogen-bond donors (Lipinski definition) is 2. The van der Waals surface area contributed by atoms with Crippen LogP contribution in [0.1, 0.15) is 32.8 Å². The molecular weight excluding hydrogens is 276 g/mol. The van der Waals surface area contributed by atoms with Crippen LogP contribution in [0, 0.1) is 0 Å². The molecular formula is C15H23ClN2O2. The third kappa shape index (κ3) is 6.26. The molecule has 5 heteroatoms. The highest BCUT2D eigenvalue weighted by Gasteiger charge is 2.10. The quantitative estimate of drug-likeness (QED) is 0.849. The number of carbonyl (C=O) groups excluding carboxylic acids is 1. The van der Waals surface area contributed by atoms with Crippen LogP contribution in [0.15, 0.2) is 18.2 Å². The van der Waals surface area contributed by atoms with Gasteiger partial charge in [0.25, 0.3) is 0 Å². The number of nitrogens with one attached hydrogen (secondary N) is 2. The minimum absolute atomic E-state index is 0.0490. The van der Waals surface area contributed by atoms with Crippen LogP contribution in [0.5, 0.6) is 5.75 Å². The van der Waals surface area contributed by atoms with Crippen molar-refractivity contribution in [1.29, 1.82) is 0 Å². The highest BCUT2D eigenvalue weighted by atomic mass is 35.5. The van der Waals surface area contributed by atoms with Gasteiger partial charge in [-0.1, -0.05) is 17.7 Å². The van der Waals surface area contributed by atoms with E-state index in [-0.39, 0.29) is 11.4 Å². The summed E-state index contributed by atoms with van der Waals surface area (Å²) in [5.41, 5.74) is 1.17. The molecule has 0 aliphatic rings. The van der Waals surface area contributed by atoms with Crippen molar-refractivity contribution in [2.24, 2.45) is 0 Å². The molecule has 0 unspecified atom stereocenters. The lowest BCUT2D eigenvalue weighted by molar-refractivity contribution is -0.121. The molecule has 0 bridgehead atoms. The molecule has 4 nitrogen and oxygen atoms in total. The number of rotatable bonds is 6. The molecule has 1 rings (SSSR count). The van der Waals surface area contributed by atoms with Crippen molar-refractivity contribution in [3.8, 4) is 5.75 Å². The largest absolute Gasteiger partial charge is 0.491 e. The SMILES string of the molecule is CNC(=O)CCOc1ccc(CNC(C)(C)C)cc1Cl. The van der Waals surface area contributed by atoms with Gasteiger partial charge in [0.1, 0.15) is 5.75 Å². The highest BCUT2D eigenvalue weighted by Crippen LogP contribution is 2.25. The van der Waals surface area contributed by atoms with Crippen LogP contribution in [0.2, 0.25) is 5.02 Å². The van der Waals surface area contributed by atoms with Gasteiger partial charge in [-0.3, -0.25) is 4.79 Å². The third-order valence-corrected chi connectivity index (χ3v) is 2.98. The van der Waals surface area contributed by atoms with E-state index in [0.29, 0.717) is 23.8 Å². The van der Waals surface area contributed by atoms with Crippen LogP contribution in [-0.4, -0.2) is 25.1 Å². The first-order valence-corrected chi connectivity index (χ1v) is 7.06. The monoisotopic (exact) mass is 298 g/mol. The number of carbonyl (C=O) groups is 1. The molecule has 112 valence electrons. The number of halogens is 1. The van der Waals surface area contributed by atoms with Crippen molar-refractivity contribution < 1.29 is 9.53 Å². The number of amides is 1. The van der Waals surface area contributed by atoms with E-state index in [1.807, 2.05) is 18.2 Å². The van der Waals surface area contributed by atoms with Crippen LogP contribution in [-0.2, 0) is 11.3 Å². The molecule has 20 heavy (non-hydrogen) atoms. The summed E-state index contributed by atoms with van der Waals surface area (Å²) < 4.78 is 5.50. The van der Waals surface area contributed by atoms with Gasteiger partial charge < -0.3 is 15.4 Å². The fourth-order valence-corrected chi connectivity index (χ4v) is 1.77. The van der Waals surface area contributed by atoms with E-state index in [2.05, 4.69) is 31.4 Å². The van der Waals surface area contributed by atoms with Gasteiger partial charge in [-0.05, 0) is 38.5 Å². The van der Waals surface area contributed by atoms with Crippen molar-refractivity contribution in [2.45, 2.75) is 39.3 Å². The smallest absolute Gasteiger partial charge is 0.223 e. The molecule has 0 heterocycles. The minimum atomic E-state index is -0.0490. The second-order valence-corrected chi connectivity index (χ2v) is 6.05. The zero-order chi connectivity index (χ0) is 15.2. The van der Waals surface area contributed by atoms with Crippen molar-refractivity contribution in [3.63, 3.8) is 0 Å². The first-order chi connectivity index (χ1) is 9.31. The maximum Gasteiger partial charge on any atom is 0.223 e. The molecule has 0 radical (unpaired) electrons. The minimum Gasteiger partial charge on any atom is -0.491 e. The highest BCUT2D eigenvalue weighted by molar-refractivity contribution is 6.32. The zero-order valence-electron chi connectivity index (χ0n) is 12.5. The number of hydrogen-bond acceptors (Lipinski definition) is 3. The summed E-state index contributed by atoms with van der Waals surface area (Å²) >= 11 is 6.18. The molecule has 0 saturated carbocycles. The molecule has 0 aliphatic heterocycles. The molecule has 0 aliphatic carbocycles. The maximum atomic E-state index is 11.1. The standard InChI is InChI=1S/C15H23ClN2O2/c1-15(2,3)18-10-11-5-6-13(12(16)9-11)20-8-7-14(19)17-4/h5-6,9,18H,7-8,10H2,1-4H3,(H,17,19). The van der Waals surface area contributed by atoms with Crippen LogP contribution in [0.4, 0.5) is 0 Å². The van der Waals surface area contributed by atoms with Gasteiger partial charge in [-0.25, -0.2) is 0 Å². The van der Waals surface area contributed by atoms with Crippen LogP contribution < -0.4 is 15.4 Å². The first-order valence-electron chi connectivity index (χ1n) is 6.68. The summed E-state index contributed by atoms with van der Waals surface area (Å²) in [6, 6.07) is 5.70. The van der Waals surface area contributed by atoms with Crippen LogP contribution >= 0.6 is 11.6 Å². The Bertz CT molecular complexity index is 456. The zero-order valence-corrected chi connectivity index (χ0v) is 13.3. The van der Waals surface area contributed by atoms with Gasteiger partial charge in [0.15, 0.2) is 0 Å². The average Bonchev–Trinajstić information content (AvgIpc) is 2.37. The van der Waals surface area contributed by atoms with Gasteiger partial charge in [-0.15, -0.1) is 0 Å². The average molecular weight is 299 g/mol. The summed E-state index contributed by atoms with van der Waals surface area (Å²) in [7, 11) is 1.60. The lowest BCUT2D eigenvalue weighted by atomic mass is 10.1. The van der Waals surface area contributed by atoms with E-state index in [0.717, 1.165) is 12.1 Å². The van der Waals surface area contributed by atoms with Gasteiger partial charge in [0.2, 0.25) is 5.91 Å². The van der Waals surface area contributed by atoms with E-state index in [9.17, 15) is 4.79 Å². The Labute approximate surface area is 125 Å².